The molecule has 6 heteroatoms. The average Bonchev–Trinajstić information content (AvgIpc) is 1.67. The molecule has 0 saturated carbocycles. The lowest BCUT2D eigenvalue weighted by atomic mass is 11.7. The first-order valence-corrected chi connectivity index (χ1v) is 3.31. The maximum atomic E-state index is 11.2. The minimum atomic E-state index is -4.58. The molecule has 3 nitrogen and oxygen atoms in total. The molecule has 8 heavy (non-hydrogen) atoms. The highest BCUT2D eigenvalue weighted by Crippen LogP contribution is 2.47. The molecule has 0 aliphatic heterocycles. The Morgan fingerprint density at radius 2 is 2.12 bits per heavy atom. The first kappa shape index (κ1) is 8.01. The second-order valence-electron chi connectivity index (χ2n) is 1.02. The molecule has 1 unspecified atom stereocenters. The van der Waals surface area contributed by atoms with E-state index in [0.717, 1.165) is 7.11 Å². The van der Waals surface area contributed by atoms with Crippen LogP contribution in [0.1, 0.15) is 0 Å². The van der Waals surface area contributed by atoms with Crippen LogP contribution in [0.15, 0.2) is 0 Å². The minimum Gasteiger partial charge on any atom is -0.320 e. The Kier molecular flexibility index (Phi) is 2.53. The molecule has 0 fully saturated rings. The fourth-order valence-corrected chi connectivity index (χ4v) is 0.239. The van der Waals surface area contributed by atoms with Gasteiger partial charge in [0, 0.05) is 7.11 Å². The normalized spacial score (nSPS) is 18.6. The summed E-state index contributed by atoms with van der Waals surface area (Å²) >= 11 is 0. The first-order chi connectivity index (χ1) is 3.50. The van der Waals surface area contributed by atoms with Crippen LogP contribution in [-0.2, 0) is 9.09 Å². The lowest BCUT2D eigenvalue weighted by molar-refractivity contribution is 0.171. The molecule has 0 amide bonds. The summed E-state index contributed by atoms with van der Waals surface area (Å²) in [6.07, 6.45) is -3.30. The summed E-state index contributed by atoms with van der Waals surface area (Å²) in [4.78, 5) is 7.98. The van der Waals surface area contributed by atoms with Gasteiger partial charge in [0.2, 0.25) is 0 Å². The summed E-state index contributed by atoms with van der Waals surface area (Å²) in [7, 11) is -3.82. The van der Waals surface area contributed by atoms with Crippen molar-refractivity contribution in [3.05, 3.63) is 0 Å². The van der Waals surface area contributed by atoms with Crippen LogP contribution < -0.4 is 0 Å². The first-order valence-electron chi connectivity index (χ1n) is 1.67. The van der Waals surface area contributed by atoms with Crippen LogP contribution in [0.5, 0.6) is 0 Å². The number of halogens is 2. The Morgan fingerprint density at radius 3 is 2.12 bits per heavy atom. The summed E-state index contributed by atoms with van der Waals surface area (Å²) in [6, 6.07) is 0. The van der Waals surface area contributed by atoms with Crippen LogP contribution in [0.4, 0.5) is 8.78 Å². The van der Waals surface area contributed by atoms with Crippen LogP contribution in [0.3, 0.4) is 0 Å². The zero-order chi connectivity index (χ0) is 6.78. The number of alkyl halides is 2. The van der Waals surface area contributed by atoms with E-state index in [1.807, 2.05) is 0 Å². The van der Waals surface area contributed by atoms with Crippen LogP contribution in [0.2, 0.25) is 0 Å². The van der Waals surface area contributed by atoms with Gasteiger partial charge in [0.05, 0.1) is 0 Å². The Bertz CT molecular complexity index is 114. The molecule has 0 aromatic rings. The van der Waals surface area contributed by atoms with E-state index in [1.54, 1.807) is 0 Å². The third kappa shape index (κ3) is 1.86. The Hall–Kier alpha value is 0.01000. The van der Waals surface area contributed by atoms with Gasteiger partial charge in [0.25, 0.3) is 0 Å². The molecule has 0 aromatic carbocycles. The summed E-state index contributed by atoms with van der Waals surface area (Å²) in [5.74, 6) is 0. The van der Waals surface area contributed by atoms with Crippen LogP contribution in [-0.4, -0.2) is 18.2 Å². The largest absolute Gasteiger partial charge is 0.393 e. The van der Waals surface area contributed by atoms with E-state index in [9.17, 15) is 13.3 Å². The molecule has 0 bridgehead atoms. The van der Waals surface area contributed by atoms with E-state index < -0.39 is 13.8 Å². The van der Waals surface area contributed by atoms with Crippen LogP contribution in [0.25, 0.3) is 0 Å². The summed E-state index contributed by atoms with van der Waals surface area (Å²) < 4.78 is 35.8. The van der Waals surface area contributed by atoms with Crippen molar-refractivity contribution in [2.75, 3.05) is 7.11 Å². The van der Waals surface area contributed by atoms with Gasteiger partial charge >= 0.3 is 13.8 Å². The molecule has 0 aliphatic carbocycles. The smallest absolute Gasteiger partial charge is 0.320 e. The van der Waals surface area contributed by atoms with E-state index in [4.69, 9.17) is 4.89 Å². The number of rotatable bonds is 2. The Morgan fingerprint density at radius 1 is 1.75 bits per heavy atom. The highest BCUT2D eigenvalue weighted by Gasteiger charge is 2.30. The zero-order valence-electron chi connectivity index (χ0n) is 4.04. The maximum Gasteiger partial charge on any atom is 0.393 e. The molecule has 50 valence electrons. The van der Waals surface area contributed by atoms with Gasteiger partial charge in [0.1, 0.15) is 0 Å². The standard InChI is InChI=1S/C2H5F2O3P/c1-7-8(5,6)2(3)4/h2H,1H3,(H,5,6). The van der Waals surface area contributed by atoms with Crippen molar-refractivity contribution in [3.63, 3.8) is 0 Å². The monoisotopic (exact) mass is 146 g/mol. The van der Waals surface area contributed by atoms with Gasteiger partial charge in [-0.25, -0.2) is 0 Å². The van der Waals surface area contributed by atoms with E-state index in [1.165, 1.54) is 0 Å². The van der Waals surface area contributed by atoms with Crippen molar-refractivity contribution >= 4 is 7.60 Å². The molecular formula is C2H5F2O3P. The van der Waals surface area contributed by atoms with Crippen molar-refractivity contribution < 1.29 is 22.8 Å². The molecule has 0 heterocycles. The number of hydrogen-bond donors (Lipinski definition) is 1. The van der Waals surface area contributed by atoms with Gasteiger partial charge in [-0.3, -0.25) is 4.57 Å². The van der Waals surface area contributed by atoms with Gasteiger partial charge in [-0.1, -0.05) is 0 Å². The van der Waals surface area contributed by atoms with E-state index >= 15 is 0 Å². The van der Waals surface area contributed by atoms with E-state index in [0.29, 0.717) is 0 Å². The molecule has 1 N–H and O–H groups in total. The van der Waals surface area contributed by atoms with E-state index in [-0.39, 0.29) is 0 Å². The number of hydrogen-bond acceptors (Lipinski definition) is 2. The van der Waals surface area contributed by atoms with Crippen molar-refractivity contribution in [1.82, 2.24) is 0 Å². The predicted molar refractivity (Wildman–Crippen MR) is 22.8 cm³/mol. The minimum absolute atomic E-state index is 0.757. The average molecular weight is 146 g/mol. The van der Waals surface area contributed by atoms with E-state index in [2.05, 4.69) is 4.52 Å². The van der Waals surface area contributed by atoms with Gasteiger partial charge in [-0.2, -0.15) is 8.78 Å². The summed E-state index contributed by atoms with van der Waals surface area (Å²) in [5.41, 5.74) is 0. The molecule has 0 spiro atoms. The van der Waals surface area contributed by atoms with Crippen LogP contribution >= 0.6 is 7.60 Å². The second-order valence-corrected chi connectivity index (χ2v) is 2.91. The SMILES string of the molecule is COP(=O)(O)C(F)F. The highest BCUT2D eigenvalue weighted by molar-refractivity contribution is 7.53. The summed E-state index contributed by atoms with van der Waals surface area (Å²) in [6.45, 7) is 0. The van der Waals surface area contributed by atoms with Gasteiger partial charge < -0.3 is 9.42 Å². The Labute approximate surface area is 44.8 Å². The maximum absolute atomic E-state index is 11.2. The molecule has 0 saturated heterocycles. The lowest BCUT2D eigenvalue weighted by Gasteiger charge is -2.04. The fourth-order valence-electron chi connectivity index (χ4n) is 0.0797. The van der Waals surface area contributed by atoms with Gasteiger partial charge in [-0.05, 0) is 0 Å². The van der Waals surface area contributed by atoms with Crippen LogP contribution in [0, 0.1) is 0 Å². The zero-order valence-corrected chi connectivity index (χ0v) is 4.94. The molecule has 0 aromatic heterocycles. The molecule has 0 aliphatic rings. The summed E-state index contributed by atoms with van der Waals surface area (Å²) in [5, 5.41) is 0. The molecular weight excluding hydrogens is 141 g/mol. The van der Waals surface area contributed by atoms with Gasteiger partial charge in [-0.15, -0.1) is 0 Å². The second kappa shape index (κ2) is 2.53. The molecule has 0 radical (unpaired) electrons. The van der Waals surface area contributed by atoms with Crippen molar-refractivity contribution in [2.45, 2.75) is 6.17 Å². The van der Waals surface area contributed by atoms with Crippen molar-refractivity contribution in [2.24, 2.45) is 0 Å². The highest BCUT2D eigenvalue weighted by atomic mass is 31.2. The Balaban J connectivity index is 3.93. The third-order valence-electron chi connectivity index (χ3n) is 0.508. The third-order valence-corrected chi connectivity index (χ3v) is 1.52. The fraction of sp³-hybridized carbons (Fsp3) is 1.00. The lowest BCUT2D eigenvalue weighted by Crippen LogP contribution is -1.93. The van der Waals surface area contributed by atoms with Crippen molar-refractivity contribution in [3.8, 4) is 0 Å². The topological polar surface area (TPSA) is 46.5 Å². The van der Waals surface area contributed by atoms with Crippen molar-refractivity contribution in [1.29, 1.82) is 0 Å². The molecule has 1 atom stereocenters. The van der Waals surface area contributed by atoms with Gasteiger partial charge in [0.15, 0.2) is 0 Å². The molecule has 0 rings (SSSR count). The quantitative estimate of drug-likeness (QED) is 0.592. The predicted octanol–water partition coefficient (Wildman–Crippen LogP) is 1.04.